The predicted octanol–water partition coefficient (Wildman–Crippen LogP) is 6.19. The Labute approximate surface area is 161 Å². The van der Waals surface area contributed by atoms with E-state index in [1.807, 2.05) is 6.07 Å². The smallest absolute Gasteiger partial charge is 0.119 e. The fourth-order valence-electron chi connectivity index (χ4n) is 3.52. The van der Waals surface area contributed by atoms with Crippen molar-refractivity contribution in [2.75, 3.05) is 7.11 Å². The van der Waals surface area contributed by atoms with E-state index in [4.69, 9.17) is 4.74 Å². The predicted molar refractivity (Wildman–Crippen MR) is 114 cm³/mol. The molecule has 0 atom stereocenters. The summed E-state index contributed by atoms with van der Waals surface area (Å²) >= 11 is 0. The second-order valence-electron chi connectivity index (χ2n) is 6.62. The summed E-state index contributed by atoms with van der Waals surface area (Å²) in [5.74, 6) is 0.906. The van der Waals surface area contributed by atoms with Crippen molar-refractivity contribution in [1.82, 2.24) is 6.15 Å². The van der Waals surface area contributed by atoms with Crippen LogP contribution in [0.5, 0.6) is 5.75 Å². The molecule has 0 heterocycles. The van der Waals surface area contributed by atoms with E-state index in [0.717, 1.165) is 18.6 Å². The molecule has 4 rings (SSSR count). The Morgan fingerprint density at radius 2 is 1.26 bits per heavy atom. The zero-order chi connectivity index (χ0) is 17.8. The van der Waals surface area contributed by atoms with Crippen molar-refractivity contribution in [3.05, 3.63) is 113 Å². The maximum absolute atomic E-state index is 5.49. The van der Waals surface area contributed by atoms with E-state index in [2.05, 4.69) is 84.9 Å². The van der Waals surface area contributed by atoms with Gasteiger partial charge in [-0.3, -0.25) is 0 Å². The van der Waals surface area contributed by atoms with Gasteiger partial charge >= 0.3 is 0 Å². The van der Waals surface area contributed by atoms with Crippen molar-refractivity contribution in [2.45, 2.75) is 12.8 Å². The zero-order valence-electron chi connectivity index (χ0n) is 15.7. The van der Waals surface area contributed by atoms with Gasteiger partial charge in [0.25, 0.3) is 0 Å². The third kappa shape index (κ3) is 4.18. The minimum absolute atomic E-state index is 0. The SMILES string of the molecule is COc1ccc2ccc(Cc3ccccc3)c(Cc3ccccc3)c2c1.N. The molecular formula is C25H25NO. The van der Waals surface area contributed by atoms with Crippen LogP contribution >= 0.6 is 0 Å². The number of benzene rings is 4. The fraction of sp³-hybridized carbons (Fsp3) is 0.120. The van der Waals surface area contributed by atoms with Crippen molar-refractivity contribution >= 4 is 10.8 Å². The van der Waals surface area contributed by atoms with Crippen LogP contribution in [0.2, 0.25) is 0 Å². The molecule has 3 N–H and O–H groups in total. The van der Waals surface area contributed by atoms with Crippen molar-refractivity contribution in [3.8, 4) is 5.75 Å². The molecule has 0 fully saturated rings. The molecule has 0 spiro atoms. The van der Waals surface area contributed by atoms with Gasteiger partial charge in [-0.15, -0.1) is 0 Å². The number of hydrogen-bond donors (Lipinski definition) is 1. The summed E-state index contributed by atoms with van der Waals surface area (Å²) in [6.07, 6.45) is 1.86. The van der Waals surface area contributed by atoms with E-state index in [0.29, 0.717) is 0 Å². The molecule has 0 aromatic heterocycles. The lowest BCUT2D eigenvalue weighted by molar-refractivity contribution is 0.415. The molecule has 4 aromatic rings. The van der Waals surface area contributed by atoms with Gasteiger partial charge < -0.3 is 10.9 Å². The van der Waals surface area contributed by atoms with Crippen molar-refractivity contribution in [1.29, 1.82) is 0 Å². The first kappa shape index (κ1) is 18.7. The van der Waals surface area contributed by atoms with Gasteiger partial charge in [0.1, 0.15) is 5.75 Å². The summed E-state index contributed by atoms with van der Waals surface area (Å²) in [7, 11) is 1.73. The lowest BCUT2D eigenvalue weighted by Gasteiger charge is -2.15. The number of fused-ring (bicyclic) bond motifs is 1. The van der Waals surface area contributed by atoms with Gasteiger partial charge in [-0.2, -0.15) is 0 Å². The van der Waals surface area contributed by atoms with Gasteiger partial charge in [0, 0.05) is 0 Å². The number of rotatable bonds is 5. The normalized spacial score (nSPS) is 10.4. The lowest BCUT2D eigenvalue weighted by Crippen LogP contribution is -1.99. The third-order valence-electron chi connectivity index (χ3n) is 4.90. The topological polar surface area (TPSA) is 44.2 Å². The number of methoxy groups -OCH3 is 1. The second-order valence-corrected chi connectivity index (χ2v) is 6.62. The first-order valence-corrected chi connectivity index (χ1v) is 9.00. The van der Waals surface area contributed by atoms with E-state index >= 15 is 0 Å². The van der Waals surface area contributed by atoms with Gasteiger partial charge in [0.05, 0.1) is 7.11 Å². The molecule has 2 nitrogen and oxygen atoms in total. The molecule has 0 saturated carbocycles. The fourth-order valence-corrected chi connectivity index (χ4v) is 3.52. The van der Waals surface area contributed by atoms with Gasteiger partial charge in [-0.25, -0.2) is 0 Å². The lowest BCUT2D eigenvalue weighted by atomic mass is 9.90. The monoisotopic (exact) mass is 355 g/mol. The highest BCUT2D eigenvalue weighted by atomic mass is 16.5. The summed E-state index contributed by atoms with van der Waals surface area (Å²) in [6.45, 7) is 0. The first-order chi connectivity index (χ1) is 12.8. The summed E-state index contributed by atoms with van der Waals surface area (Å²) in [5, 5.41) is 2.54. The average molecular weight is 355 g/mol. The highest BCUT2D eigenvalue weighted by molar-refractivity contribution is 5.88. The van der Waals surface area contributed by atoms with Crippen LogP contribution in [0.25, 0.3) is 10.8 Å². The number of ether oxygens (including phenoxy) is 1. The molecule has 0 aliphatic rings. The van der Waals surface area contributed by atoms with Crippen LogP contribution in [-0.4, -0.2) is 7.11 Å². The molecule has 0 aliphatic heterocycles. The molecule has 0 bridgehead atoms. The van der Waals surface area contributed by atoms with E-state index in [9.17, 15) is 0 Å². The maximum atomic E-state index is 5.49. The van der Waals surface area contributed by atoms with Gasteiger partial charge in [0.15, 0.2) is 0 Å². The Morgan fingerprint density at radius 1 is 0.667 bits per heavy atom. The van der Waals surface area contributed by atoms with Gasteiger partial charge in [-0.05, 0) is 58.0 Å². The highest BCUT2D eigenvalue weighted by Gasteiger charge is 2.10. The van der Waals surface area contributed by atoms with Gasteiger partial charge in [0.2, 0.25) is 0 Å². The Kier molecular flexibility index (Phi) is 5.90. The quantitative estimate of drug-likeness (QED) is 0.464. The van der Waals surface area contributed by atoms with Crippen molar-refractivity contribution in [3.63, 3.8) is 0 Å². The molecule has 0 aliphatic carbocycles. The summed E-state index contributed by atoms with van der Waals surface area (Å²) in [5.41, 5.74) is 5.43. The summed E-state index contributed by atoms with van der Waals surface area (Å²) in [6, 6.07) is 32.2. The van der Waals surface area contributed by atoms with Crippen LogP contribution in [-0.2, 0) is 12.8 Å². The average Bonchev–Trinajstić information content (AvgIpc) is 2.71. The standard InChI is InChI=1S/C25H22O.H3N/c1-26-23-15-14-21-12-13-22(16-19-8-4-2-5-9-19)24(25(21)18-23)17-20-10-6-3-7-11-20;/h2-15,18H,16-17H2,1H3;1H3. The molecule has 2 heteroatoms. The van der Waals surface area contributed by atoms with Crippen LogP contribution in [0, 0.1) is 0 Å². The van der Waals surface area contributed by atoms with Crippen LogP contribution in [0.15, 0.2) is 91.0 Å². The molecular weight excluding hydrogens is 330 g/mol. The molecule has 27 heavy (non-hydrogen) atoms. The van der Waals surface area contributed by atoms with Crippen LogP contribution in [0.1, 0.15) is 22.3 Å². The van der Waals surface area contributed by atoms with Crippen LogP contribution in [0.3, 0.4) is 0 Å². The van der Waals surface area contributed by atoms with Gasteiger partial charge in [-0.1, -0.05) is 78.9 Å². The summed E-state index contributed by atoms with van der Waals surface area (Å²) in [4.78, 5) is 0. The van der Waals surface area contributed by atoms with E-state index in [-0.39, 0.29) is 6.15 Å². The van der Waals surface area contributed by atoms with E-state index in [1.165, 1.54) is 33.0 Å². The molecule has 0 radical (unpaired) electrons. The Hall–Kier alpha value is -3.10. The molecule has 4 aromatic carbocycles. The Balaban J connectivity index is 0.00000210. The molecule has 0 unspecified atom stereocenters. The van der Waals surface area contributed by atoms with E-state index < -0.39 is 0 Å². The summed E-state index contributed by atoms with van der Waals surface area (Å²) < 4.78 is 5.49. The maximum Gasteiger partial charge on any atom is 0.119 e. The molecule has 0 saturated heterocycles. The molecule has 0 amide bonds. The highest BCUT2D eigenvalue weighted by Crippen LogP contribution is 2.30. The van der Waals surface area contributed by atoms with Crippen LogP contribution < -0.4 is 10.9 Å². The number of hydrogen-bond acceptors (Lipinski definition) is 2. The Morgan fingerprint density at radius 3 is 1.89 bits per heavy atom. The third-order valence-corrected chi connectivity index (χ3v) is 4.90. The minimum atomic E-state index is 0. The largest absolute Gasteiger partial charge is 0.497 e. The zero-order valence-corrected chi connectivity index (χ0v) is 15.7. The first-order valence-electron chi connectivity index (χ1n) is 9.00. The van der Waals surface area contributed by atoms with Crippen LogP contribution in [0.4, 0.5) is 0 Å². The minimum Gasteiger partial charge on any atom is -0.497 e. The van der Waals surface area contributed by atoms with Crippen molar-refractivity contribution < 1.29 is 4.74 Å². The molecule has 136 valence electrons. The Bertz CT molecular complexity index is 1010. The van der Waals surface area contributed by atoms with E-state index in [1.54, 1.807) is 7.11 Å². The second kappa shape index (κ2) is 8.52. The van der Waals surface area contributed by atoms with Crippen molar-refractivity contribution in [2.24, 2.45) is 0 Å².